The maximum atomic E-state index is 12.9. The summed E-state index contributed by atoms with van der Waals surface area (Å²) in [5.74, 6) is -0.617. The summed E-state index contributed by atoms with van der Waals surface area (Å²) < 4.78 is 6.33. The smallest absolute Gasteiger partial charge is 0.348 e. The van der Waals surface area contributed by atoms with Gasteiger partial charge < -0.3 is 4.74 Å². The normalized spacial score (nSPS) is 11.0. The third kappa shape index (κ3) is 3.55. The number of thiophene rings is 1. The molecular formula is C20H20N2O4S. The molecule has 0 saturated heterocycles. The number of Topliss-reactive ketones (excluding diaryl/α,β-unsaturated/α-hetero) is 1. The highest BCUT2D eigenvalue weighted by Crippen LogP contribution is 2.27. The average Bonchev–Trinajstić information content (AvgIpc) is 2.97. The number of carbonyl (C=O) groups excluding carboxylic acids is 2. The van der Waals surface area contributed by atoms with Crippen LogP contribution < -0.4 is 5.56 Å². The minimum absolute atomic E-state index is 0.101. The number of aromatic nitrogens is 2. The Morgan fingerprint density at radius 3 is 2.67 bits per heavy atom. The summed E-state index contributed by atoms with van der Waals surface area (Å²) in [7, 11) is 0. The van der Waals surface area contributed by atoms with Crippen LogP contribution in [0.4, 0.5) is 0 Å². The van der Waals surface area contributed by atoms with E-state index in [0.29, 0.717) is 26.2 Å². The molecule has 3 rings (SSSR count). The van der Waals surface area contributed by atoms with E-state index in [1.165, 1.54) is 10.9 Å². The van der Waals surface area contributed by atoms with Crippen LogP contribution in [-0.2, 0) is 11.3 Å². The molecular weight excluding hydrogens is 364 g/mol. The standard InChI is InChI=1S/C20H20N2O4S/c1-5-26-20(25)17-13(4)16-18(27-17)21-10-22(19(16)24)9-15(23)14-8-11(2)6-7-12(14)3/h6-8,10H,5,9H2,1-4H3. The summed E-state index contributed by atoms with van der Waals surface area (Å²) in [6.45, 7) is 7.37. The average molecular weight is 384 g/mol. The molecule has 0 N–H and O–H groups in total. The lowest BCUT2D eigenvalue weighted by atomic mass is 10.0. The quantitative estimate of drug-likeness (QED) is 0.497. The van der Waals surface area contributed by atoms with Gasteiger partial charge in [-0.25, -0.2) is 9.78 Å². The van der Waals surface area contributed by atoms with Crippen molar-refractivity contribution in [1.82, 2.24) is 9.55 Å². The molecule has 0 fully saturated rings. The fraction of sp³-hybridized carbons (Fsp3) is 0.300. The molecule has 2 heterocycles. The van der Waals surface area contributed by atoms with Crippen molar-refractivity contribution in [1.29, 1.82) is 0 Å². The van der Waals surface area contributed by atoms with Crippen molar-refractivity contribution in [2.45, 2.75) is 34.2 Å². The summed E-state index contributed by atoms with van der Waals surface area (Å²) in [4.78, 5) is 42.8. The Balaban J connectivity index is 2.01. The number of ketones is 1. The monoisotopic (exact) mass is 384 g/mol. The Hall–Kier alpha value is -2.80. The number of hydrogen-bond donors (Lipinski definition) is 0. The highest BCUT2D eigenvalue weighted by atomic mass is 32.1. The van der Waals surface area contributed by atoms with E-state index < -0.39 is 5.97 Å². The molecule has 0 amide bonds. The molecule has 0 aliphatic heterocycles. The highest BCUT2D eigenvalue weighted by Gasteiger charge is 2.21. The van der Waals surface area contributed by atoms with Crippen LogP contribution in [0, 0.1) is 20.8 Å². The van der Waals surface area contributed by atoms with E-state index in [1.54, 1.807) is 13.8 Å². The first-order valence-electron chi connectivity index (χ1n) is 8.59. The van der Waals surface area contributed by atoms with Gasteiger partial charge in [0.25, 0.3) is 5.56 Å². The van der Waals surface area contributed by atoms with E-state index in [-0.39, 0.29) is 24.5 Å². The Labute approximate surface area is 160 Å². The topological polar surface area (TPSA) is 78.3 Å². The number of carbonyl (C=O) groups is 2. The number of aryl methyl sites for hydroxylation is 3. The number of ether oxygens (including phenoxy) is 1. The van der Waals surface area contributed by atoms with Gasteiger partial charge in [-0.3, -0.25) is 14.2 Å². The molecule has 0 bridgehead atoms. The number of rotatable bonds is 5. The largest absolute Gasteiger partial charge is 0.462 e. The third-order valence-electron chi connectivity index (χ3n) is 4.39. The summed E-state index contributed by atoms with van der Waals surface area (Å²) in [5, 5.41) is 0.360. The minimum atomic E-state index is -0.463. The first-order chi connectivity index (χ1) is 12.8. The molecule has 0 unspecified atom stereocenters. The molecule has 2 aromatic heterocycles. The summed E-state index contributed by atoms with van der Waals surface area (Å²) in [5.41, 5.74) is 2.65. The molecule has 0 aliphatic carbocycles. The van der Waals surface area contributed by atoms with Gasteiger partial charge >= 0.3 is 5.97 Å². The van der Waals surface area contributed by atoms with E-state index in [2.05, 4.69) is 4.98 Å². The Bertz CT molecular complexity index is 1110. The number of fused-ring (bicyclic) bond motifs is 1. The van der Waals surface area contributed by atoms with Crippen LogP contribution in [0.2, 0.25) is 0 Å². The van der Waals surface area contributed by atoms with Gasteiger partial charge in [0.2, 0.25) is 0 Å². The zero-order chi connectivity index (χ0) is 19.7. The van der Waals surface area contributed by atoms with Gasteiger partial charge in [0.05, 0.1) is 24.9 Å². The Morgan fingerprint density at radius 2 is 1.96 bits per heavy atom. The minimum Gasteiger partial charge on any atom is -0.462 e. The van der Waals surface area contributed by atoms with E-state index in [0.717, 1.165) is 22.5 Å². The lowest BCUT2D eigenvalue weighted by Crippen LogP contribution is -2.25. The van der Waals surface area contributed by atoms with Crippen molar-refractivity contribution in [2.24, 2.45) is 0 Å². The molecule has 0 saturated carbocycles. The van der Waals surface area contributed by atoms with Gasteiger partial charge in [-0.05, 0) is 44.9 Å². The molecule has 0 atom stereocenters. The molecule has 140 valence electrons. The number of nitrogens with zero attached hydrogens (tertiary/aromatic N) is 2. The summed E-state index contributed by atoms with van der Waals surface area (Å²) in [6, 6.07) is 5.66. The highest BCUT2D eigenvalue weighted by molar-refractivity contribution is 7.20. The Kier molecular flexibility index (Phi) is 5.23. The second kappa shape index (κ2) is 7.44. The molecule has 1 aromatic carbocycles. The molecule has 6 nitrogen and oxygen atoms in total. The van der Waals surface area contributed by atoms with Crippen molar-refractivity contribution in [2.75, 3.05) is 6.61 Å². The van der Waals surface area contributed by atoms with Crippen LogP contribution >= 0.6 is 11.3 Å². The van der Waals surface area contributed by atoms with Gasteiger partial charge in [-0.15, -0.1) is 11.3 Å². The predicted octanol–water partition coefficient (Wildman–Crippen LogP) is 3.44. The third-order valence-corrected chi connectivity index (χ3v) is 5.57. The summed E-state index contributed by atoms with van der Waals surface area (Å²) >= 11 is 1.13. The van der Waals surface area contributed by atoms with Crippen LogP contribution in [0.25, 0.3) is 10.2 Å². The predicted molar refractivity (Wildman–Crippen MR) is 105 cm³/mol. The maximum Gasteiger partial charge on any atom is 0.348 e. The van der Waals surface area contributed by atoms with Crippen LogP contribution in [0.1, 0.15) is 43.6 Å². The zero-order valence-electron chi connectivity index (χ0n) is 15.7. The van der Waals surface area contributed by atoms with Crippen LogP contribution in [0.15, 0.2) is 29.3 Å². The molecule has 3 aromatic rings. The number of benzene rings is 1. The van der Waals surface area contributed by atoms with Gasteiger partial charge in [-0.1, -0.05) is 17.7 Å². The fourth-order valence-electron chi connectivity index (χ4n) is 2.94. The zero-order valence-corrected chi connectivity index (χ0v) is 16.5. The number of hydrogen-bond acceptors (Lipinski definition) is 6. The molecule has 0 radical (unpaired) electrons. The molecule has 0 spiro atoms. The van der Waals surface area contributed by atoms with Gasteiger partial charge in [0.15, 0.2) is 5.78 Å². The van der Waals surface area contributed by atoms with Crippen LogP contribution in [-0.4, -0.2) is 27.9 Å². The number of esters is 1. The first kappa shape index (κ1) is 19.0. The molecule has 0 aliphatic rings. The summed E-state index contributed by atoms with van der Waals surface area (Å²) in [6.07, 6.45) is 1.36. The van der Waals surface area contributed by atoms with Crippen molar-refractivity contribution in [3.8, 4) is 0 Å². The Morgan fingerprint density at radius 1 is 1.22 bits per heavy atom. The van der Waals surface area contributed by atoms with Crippen molar-refractivity contribution in [3.63, 3.8) is 0 Å². The van der Waals surface area contributed by atoms with Crippen molar-refractivity contribution in [3.05, 3.63) is 62.0 Å². The van der Waals surface area contributed by atoms with Crippen molar-refractivity contribution < 1.29 is 14.3 Å². The lowest BCUT2D eigenvalue weighted by molar-refractivity contribution is 0.0531. The van der Waals surface area contributed by atoms with Gasteiger partial charge in [0, 0.05) is 5.56 Å². The van der Waals surface area contributed by atoms with Crippen LogP contribution in [0.5, 0.6) is 0 Å². The second-order valence-corrected chi connectivity index (χ2v) is 7.38. The van der Waals surface area contributed by atoms with Gasteiger partial charge in [-0.2, -0.15) is 0 Å². The van der Waals surface area contributed by atoms with E-state index in [4.69, 9.17) is 4.74 Å². The maximum absolute atomic E-state index is 12.9. The van der Waals surface area contributed by atoms with Gasteiger partial charge in [0.1, 0.15) is 9.71 Å². The molecule has 7 heteroatoms. The fourth-order valence-corrected chi connectivity index (χ4v) is 3.97. The molecule has 27 heavy (non-hydrogen) atoms. The SMILES string of the molecule is CCOC(=O)c1sc2ncn(CC(=O)c3cc(C)ccc3C)c(=O)c2c1C. The van der Waals surface area contributed by atoms with E-state index in [9.17, 15) is 14.4 Å². The van der Waals surface area contributed by atoms with E-state index >= 15 is 0 Å². The van der Waals surface area contributed by atoms with Crippen LogP contribution in [0.3, 0.4) is 0 Å². The van der Waals surface area contributed by atoms with Crippen molar-refractivity contribution >= 4 is 33.3 Å². The second-order valence-electron chi connectivity index (χ2n) is 6.38. The lowest BCUT2D eigenvalue weighted by Gasteiger charge is -2.08. The van der Waals surface area contributed by atoms with E-state index in [1.807, 2.05) is 32.0 Å². The first-order valence-corrected chi connectivity index (χ1v) is 9.41.